The van der Waals surface area contributed by atoms with Crippen LogP contribution in [0.5, 0.6) is 0 Å². The minimum Gasteiger partial charge on any atom is -0.233 e. The lowest BCUT2D eigenvalue weighted by molar-refractivity contribution is 0.807. The van der Waals surface area contributed by atoms with Crippen molar-refractivity contribution in [2.45, 2.75) is 20.8 Å². The third-order valence-corrected chi connectivity index (χ3v) is 1.69. The molecule has 0 saturated heterocycles. The molecule has 5 nitrogen and oxygen atoms in total. The van der Waals surface area contributed by atoms with Crippen molar-refractivity contribution in [3.63, 3.8) is 0 Å². The lowest BCUT2D eigenvalue weighted by Gasteiger charge is -1.97. The standard InChI is InChI=1S/C7H9N5/c1-4-7-10-9-6(3)12(7)11-5(2)8-4/h1-3H3. The number of aromatic nitrogens is 5. The van der Waals surface area contributed by atoms with E-state index in [1.165, 1.54) is 0 Å². The van der Waals surface area contributed by atoms with E-state index in [9.17, 15) is 0 Å². The van der Waals surface area contributed by atoms with Gasteiger partial charge in [-0.2, -0.15) is 4.52 Å². The van der Waals surface area contributed by atoms with Crippen LogP contribution >= 0.6 is 0 Å². The van der Waals surface area contributed by atoms with Crippen molar-refractivity contribution in [1.82, 2.24) is 24.8 Å². The smallest absolute Gasteiger partial charge is 0.199 e. The Morgan fingerprint density at radius 2 is 1.83 bits per heavy atom. The van der Waals surface area contributed by atoms with Gasteiger partial charge in [0.2, 0.25) is 0 Å². The SMILES string of the molecule is Cc1nc(C)c2nnc(C)n2n1. The topological polar surface area (TPSA) is 56.0 Å². The second kappa shape index (κ2) is 2.23. The van der Waals surface area contributed by atoms with Gasteiger partial charge in [-0.3, -0.25) is 0 Å². The predicted molar refractivity (Wildman–Crippen MR) is 42.8 cm³/mol. The molecule has 0 aliphatic rings. The van der Waals surface area contributed by atoms with E-state index in [2.05, 4.69) is 20.3 Å². The number of fused-ring (bicyclic) bond motifs is 1. The monoisotopic (exact) mass is 163 g/mol. The second-order valence-electron chi connectivity index (χ2n) is 2.73. The molecule has 0 aliphatic heterocycles. The fourth-order valence-corrected chi connectivity index (χ4v) is 1.16. The maximum absolute atomic E-state index is 4.18. The largest absolute Gasteiger partial charge is 0.233 e. The van der Waals surface area contributed by atoms with Gasteiger partial charge in [-0.1, -0.05) is 0 Å². The first-order valence-electron chi connectivity index (χ1n) is 3.72. The van der Waals surface area contributed by atoms with E-state index >= 15 is 0 Å². The zero-order valence-corrected chi connectivity index (χ0v) is 7.24. The molecule has 2 aromatic rings. The molecule has 0 N–H and O–H groups in total. The zero-order chi connectivity index (χ0) is 8.72. The van der Waals surface area contributed by atoms with Gasteiger partial charge in [0.25, 0.3) is 0 Å². The van der Waals surface area contributed by atoms with Crippen molar-refractivity contribution >= 4 is 5.65 Å². The Morgan fingerprint density at radius 3 is 2.58 bits per heavy atom. The molecule has 0 fully saturated rings. The molecule has 62 valence electrons. The summed E-state index contributed by atoms with van der Waals surface area (Å²) in [5.74, 6) is 1.53. The lowest BCUT2D eigenvalue weighted by atomic mass is 10.5. The van der Waals surface area contributed by atoms with Crippen LogP contribution in [0.2, 0.25) is 0 Å². The molecule has 12 heavy (non-hydrogen) atoms. The first-order chi connectivity index (χ1) is 5.68. The van der Waals surface area contributed by atoms with E-state index in [1.807, 2.05) is 20.8 Å². The molecule has 0 aliphatic carbocycles. The third kappa shape index (κ3) is 0.861. The Hall–Kier alpha value is -1.52. The fraction of sp³-hybridized carbons (Fsp3) is 0.429. The summed E-state index contributed by atoms with van der Waals surface area (Å²) in [5, 5.41) is 12.0. The molecule has 0 aromatic carbocycles. The molecule has 2 rings (SSSR count). The van der Waals surface area contributed by atoms with Gasteiger partial charge < -0.3 is 0 Å². The van der Waals surface area contributed by atoms with Crippen LogP contribution in [0, 0.1) is 20.8 Å². The van der Waals surface area contributed by atoms with Crippen molar-refractivity contribution in [2.24, 2.45) is 0 Å². The molecule has 5 heteroatoms. The van der Waals surface area contributed by atoms with Crippen LogP contribution in [0.25, 0.3) is 5.65 Å². The zero-order valence-electron chi connectivity index (χ0n) is 7.24. The van der Waals surface area contributed by atoms with Gasteiger partial charge >= 0.3 is 0 Å². The van der Waals surface area contributed by atoms with Gasteiger partial charge in [0.1, 0.15) is 5.82 Å². The number of rotatable bonds is 0. The molecule has 0 atom stereocenters. The summed E-state index contributed by atoms with van der Waals surface area (Å²) in [4.78, 5) is 4.18. The minimum absolute atomic E-state index is 0.734. The van der Waals surface area contributed by atoms with Crippen LogP contribution in [0.3, 0.4) is 0 Å². The molecule has 0 bridgehead atoms. The Morgan fingerprint density at radius 1 is 1.08 bits per heavy atom. The highest BCUT2D eigenvalue weighted by Gasteiger charge is 2.05. The van der Waals surface area contributed by atoms with Crippen molar-refractivity contribution in [3.8, 4) is 0 Å². The molecule has 0 unspecified atom stereocenters. The van der Waals surface area contributed by atoms with Crippen LogP contribution in [0.1, 0.15) is 17.3 Å². The van der Waals surface area contributed by atoms with Crippen LogP contribution < -0.4 is 0 Å². The highest BCUT2D eigenvalue weighted by atomic mass is 15.4. The fourth-order valence-electron chi connectivity index (χ4n) is 1.16. The summed E-state index contributed by atoms with van der Waals surface area (Å²) in [6.45, 7) is 5.62. The van der Waals surface area contributed by atoms with Gasteiger partial charge in [0, 0.05) is 0 Å². The summed E-state index contributed by atoms with van der Waals surface area (Å²) in [6, 6.07) is 0. The third-order valence-electron chi connectivity index (χ3n) is 1.69. The summed E-state index contributed by atoms with van der Waals surface area (Å²) in [5.41, 5.74) is 1.60. The van der Waals surface area contributed by atoms with Crippen molar-refractivity contribution in [2.75, 3.05) is 0 Å². The van der Waals surface area contributed by atoms with Gasteiger partial charge in [0.15, 0.2) is 11.5 Å². The van der Waals surface area contributed by atoms with Gasteiger partial charge in [-0.05, 0) is 20.8 Å². The number of nitrogens with zero attached hydrogens (tertiary/aromatic N) is 5. The maximum atomic E-state index is 4.18. The Kier molecular flexibility index (Phi) is 1.33. The van der Waals surface area contributed by atoms with E-state index in [-0.39, 0.29) is 0 Å². The Bertz CT molecular complexity index is 431. The summed E-state index contributed by atoms with van der Waals surface area (Å²) >= 11 is 0. The van der Waals surface area contributed by atoms with Crippen molar-refractivity contribution in [3.05, 3.63) is 17.3 Å². The first-order valence-corrected chi connectivity index (χ1v) is 3.72. The van der Waals surface area contributed by atoms with Crippen LogP contribution in [0.4, 0.5) is 0 Å². The Labute approximate surface area is 69.5 Å². The molecule has 2 aromatic heterocycles. The van der Waals surface area contributed by atoms with E-state index in [1.54, 1.807) is 4.52 Å². The molecular weight excluding hydrogens is 154 g/mol. The van der Waals surface area contributed by atoms with Crippen LogP contribution in [-0.2, 0) is 0 Å². The molecule has 0 spiro atoms. The average Bonchev–Trinajstić information content (AvgIpc) is 2.33. The molecule has 2 heterocycles. The summed E-state index contributed by atoms with van der Waals surface area (Å²) < 4.78 is 1.71. The van der Waals surface area contributed by atoms with Crippen LogP contribution in [0.15, 0.2) is 0 Å². The van der Waals surface area contributed by atoms with E-state index in [4.69, 9.17) is 0 Å². The van der Waals surface area contributed by atoms with Gasteiger partial charge in [0.05, 0.1) is 5.69 Å². The molecular formula is C7H9N5. The van der Waals surface area contributed by atoms with E-state index in [0.29, 0.717) is 0 Å². The van der Waals surface area contributed by atoms with Crippen LogP contribution in [-0.4, -0.2) is 24.8 Å². The normalized spacial score (nSPS) is 10.9. The molecule has 0 amide bonds. The van der Waals surface area contributed by atoms with E-state index < -0.39 is 0 Å². The molecule has 0 saturated carbocycles. The van der Waals surface area contributed by atoms with Gasteiger partial charge in [-0.25, -0.2) is 4.98 Å². The van der Waals surface area contributed by atoms with E-state index in [0.717, 1.165) is 23.0 Å². The molecule has 0 radical (unpaired) electrons. The summed E-state index contributed by atoms with van der Waals surface area (Å²) in [6.07, 6.45) is 0. The van der Waals surface area contributed by atoms with Crippen molar-refractivity contribution in [1.29, 1.82) is 0 Å². The number of hydrogen-bond donors (Lipinski definition) is 0. The van der Waals surface area contributed by atoms with Gasteiger partial charge in [-0.15, -0.1) is 15.3 Å². The van der Waals surface area contributed by atoms with Crippen molar-refractivity contribution < 1.29 is 0 Å². The summed E-state index contributed by atoms with van der Waals surface area (Å²) in [7, 11) is 0. The predicted octanol–water partition coefficient (Wildman–Crippen LogP) is 0.445. The number of aryl methyl sites for hydroxylation is 3. The first kappa shape index (κ1) is 7.15. The highest BCUT2D eigenvalue weighted by molar-refractivity contribution is 5.40. The quantitative estimate of drug-likeness (QED) is 0.565. The maximum Gasteiger partial charge on any atom is 0.199 e. The second-order valence-corrected chi connectivity index (χ2v) is 2.73. The average molecular weight is 163 g/mol. The Balaban J connectivity index is 2.92. The minimum atomic E-state index is 0.734. The highest BCUT2D eigenvalue weighted by Crippen LogP contribution is 2.04. The number of hydrogen-bond acceptors (Lipinski definition) is 4. The lowest BCUT2D eigenvalue weighted by Crippen LogP contribution is -2.01.